The summed E-state index contributed by atoms with van der Waals surface area (Å²) in [6.45, 7) is 4.05. The molecule has 2 rings (SSSR count). The number of carboxylic acids is 1. The van der Waals surface area contributed by atoms with Crippen molar-refractivity contribution >= 4 is 11.9 Å². The summed E-state index contributed by atoms with van der Waals surface area (Å²) in [6.07, 6.45) is 0.757. The van der Waals surface area contributed by atoms with Crippen molar-refractivity contribution in [1.29, 1.82) is 0 Å². The largest absolute Gasteiger partial charge is 0.478 e. The minimum absolute atomic E-state index is 0.0112. The van der Waals surface area contributed by atoms with E-state index in [-0.39, 0.29) is 17.5 Å². The number of aromatic carboxylic acids is 1. The van der Waals surface area contributed by atoms with Crippen molar-refractivity contribution in [2.45, 2.75) is 26.3 Å². The van der Waals surface area contributed by atoms with Crippen molar-refractivity contribution < 1.29 is 14.7 Å². The number of nitrogens with zero attached hydrogens (tertiary/aromatic N) is 1. The van der Waals surface area contributed by atoms with E-state index in [0.717, 1.165) is 6.42 Å². The zero-order chi connectivity index (χ0) is 17.0. The van der Waals surface area contributed by atoms with E-state index in [4.69, 9.17) is 5.11 Å². The Hall–Kier alpha value is -2.62. The Morgan fingerprint density at radius 2 is 1.74 bits per heavy atom. The molecule has 0 bridgehead atoms. The highest BCUT2D eigenvalue weighted by atomic mass is 16.4. The lowest BCUT2D eigenvalue weighted by Gasteiger charge is -2.26. The van der Waals surface area contributed by atoms with E-state index in [1.807, 2.05) is 19.1 Å². The van der Waals surface area contributed by atoms with Crippen LogP contribution < -0.4 is 0 Å². The maximum absolute atomic E-state index is 12.6. The molecule has 0 aliphatic carbocycles. The average Bonchev–Trinajstić information content (AvgIpc) is 2.55. The van der Waals surface area contributed by atoms with Crippen molar-refractivity contribution in [2.75, 3.05) is 7.05 Å². The fraction of sp³-hybridized carbons (Fsp3) is 0.263. The first-order valence-corrected chi connectivity index (χ1v) is 7.55. The van der Waals surface area contributed by atoms with Gasteiger partial charge in [0.2, 0.25) is 0 Å². The molecule has 0 fully saturated rings. The third-order valence-electron chi connectivity index (χ3n) is 4.11. The van der Waals surface area contributed by atoms with Gasteiger partial charge in [-0.05, 0) is 49.6 Å². The second kappa shape index (κ2) is 7.09. The Balaban J connectivity index is 2.14. The fourth-order valence-electron chi connectivity index (χ4n) is 2.48. The van der Waals surface area contributed by atoms with Gasteiger partial charge < -0.3 is 10.0 Å². The summed E-state index contributed by atoms with van der Waals surface area (Å²) in [5.41, 5.74) is 2.92. The number of carbonyl (C=O) groups excluding carboxylic acids is 1. The monoisotopic (exact) mass is 311 g/mol. The number of hydrogen-bond acceptors (Lipinski definition) is 2. The first-order valence-electron chi connectivity index (χ1n) is 7.55. The van der Waals surface area contributed by atoms with Gasteiger partial charge in [-0.15, -0.1) is 0 Å². The van der Waals surface area contributed by atoms with Gasteiger partial charge in [-0.1, -0.05) is 30.3 Å². The highest BCUT2D eigenvalue weighted by molar-refractivity contribution is 5.97. The molecule has 4 nitrogen and oxygen atoms in total. The highest BCUT2D eigenvalue weighted by Gasteiger charge is 2.19. The van der Waals surface area contributed by atoms with Crippen LogP contribution in [-0.4, -0.2) is 35.0 Å². The number of carboxylic acid groups (broad SMARTS) is 1. The van der Waals surface area contributed by atoms with E-state index in [1.54, 1.807) is 24.1 Å². The Labute approximate surface area is 136 Å². The average molecular weight is 311 g/mol. The summed E-state index contributed by atoms with van der Waals surface area (Å²) in [5, 5.41) is 9.04. The molecule has 2 aromatic rings. The first kappa shape index (κ1) is 16.7. The SMILES string of the molecule is Cc1ccccc1CC(C)N(C)C(=O)c1cccc(C(=O)O)c1. The number of rotatable bonds is 5. The van der Waals surface area contributed by atoms with E-state index in [2.05, 4.69) is 19.1 Å². The minimum atomic E-state index is -1.03. The quantitative estimate of drug-likeness (QED) is 0.920. The van der Waals surface area contributed by atoms with E-state index in [0.29, 0.717) is 5.56 Å². The number of aryl methyl sites for hydroxylation is 1. The fourth-order valence-corrected chi connectivity index (χ4v) is 2.48. The molecule has 0 radical (unpaired) electrons. The summed E-state index contributed by atoms with van der Waals surface area (Å²) < 4.78 is 0. The van der Waals surface area contributed by atoms with Crippen molar-refractivity contribution in [3.63, 3.8) is 0 Å². The van der Waals surface area contributed by atoms with Crippen LogP contribution in [0.25, 0.3) is 0 Å². The van der Waals surface area contributed by atoms with Crippen LogP contribution in [0.3, 0.4) is 0 Å². The van der Waals surface area contributed by atoms with E-state index >= 15 is 0 Å². The molecular formula is C19H21NO3. The summed E-state index contributed by atoms with van der Waals surface area (Å²) in [4.78, 5) is 25.3. The van der Waals surface area contributed by atoms with Gasteiger partial charge in [0.05, 0.1) is 5.56 Å². The Kier molecular flexibility index (Phi) is 5.16. The lowest BCUT2D eigenvalue weighted by molar-refractivity contribution is 0.0697. The maximum Gasteiger partial charge on any atom is 0.335 e. The van der Waals surface area contributed by atoms with Crippen molar-refractivity contribution in [3.05, 3.63) is 70.8 Å². The van der Waals surface area contributed by atoms with Gasteiger partial charge >= 0.3 is 5.97 Å². The summed E-state index contributed by atoms with van der Waals surface area (Å²) >= 11 is 0. The van der Waals surface area contributed by atoms with Gasteiger partial charge in [0, 0.05) is 18.7 Å². The van der Waals surface area contributed by atoms with Gasteiger partial charge in [0.1, 0.15) is 0 Å². The topological polar surface area (TPSA) is 57.6 Å². The Bertz CT molecular complexity index is 724. The molecule has 0 aromatic heterocycles. The minimum Gasteiger partial charge on any atom is -0.478 e. The number of benzene rings is 2. The molecular weight excluding hydrogens is 290 g/mol. The second-order valence-electron chi connectivity index (χ2n) is 5.78. The third kappa shape index (κ3) is 3.97. The van der Waals surface area contributed by atoms with Crippen molar-refractivity contribution in [2.24, 2.45) is 0 Å². The predicted octanol–water partition coefficient (Wildman–Crippen LogP) is 3.40. The maximum atomic E-state index is 12.6. The number of likely N-dealkylation sites (N-methyl/N-ethyl adjacent to an activating group) is 1. The molecule has 0 heterocycles. The molecule has 1 amide bonds. The molecule has 23 heavy (non-hydrogen) atoms. The third-order valence-corrected chi connectivity index (χ3v) is 4.11. The smallest absolute Gasteiger partial charge is 0.335 e. The summed E-state index contributed by atoms with van der Waals surface area (Å²) in [6, 6.07) is 14.3. The number of amides is 1. The predicted molar refractivity (Wildman–Crippen MR) is 89.8 cm³/mol. The van der Waals surface area contributed by atoms with E-state index in [1.165, 1.54) is 23.3 Å². The van der Waals surface area contributed by atoms with Crippen LogP contribution in [0.1, 0.15) is 38.8 Å². The van der Waals surface area contributed by atoms with Gasteiger partial charge in [-0.2, -0.15) is 0 Å². The number of hydrogen-bond donors (Lipinski definition) is 1. The van der Waals surface area contributed by atoms with Crippen LogP contribution in [-0.2, 0) is 6.42 Å². The Morgan fingerprint density at radius 1 is 1.09 bits per heavy atom. The van der Waals surface area contributed by atoms with E-state index < -0.39 is 5.97 Å². The van der Waals surface area contributed by atoms with Gasteiger partial charge in [-0.3, -0.25) is 4.79 Å². The zero-order valence-electron chi connectivity index (χ0n) is 13.6. The van der Waals surface area contributed by atoms with Gasteiger partial charge in [-0.25, -0.2) is 4.79 Å². The lowest BCUT2D eigenvalue weighted by atomic mass is 10.0. The molecule has 0 saturated carbocycles. The summed E-state index contributed by atoms with van der Waals surface area (Å²) in [5.74, 6) is -1.20. The van der Waals surface area contributed by atoms with Gasteiger partial charge in [0.25, 0.3) is 5.91 Å². The Morgan fingerprint density at radius 3 is 2.39 bits per heavy atom. The molecule has 0 aliphatic rings. The van der Waals surface area contributed by atoms with Crippen LogP contribution in [0.15, 0.2) is 48.5 Å². The molecule has 120 valence electrons. The standard InChI is InChI=1S/C19H21NO3/c1-13-7-4-5-8-15(13)11-14(2)20(3)18(21)16-9-6-10-17(12-16)19(22)23/h4-10,12,14H,11H2,1-3H3,(H,22,23). The number of carbonyl (C=O) groups is 2. The second-order valence-corrected chi connectivity index (χ2v) is 5.78. The molecule has 1 N–H and O–H groups in total. The normalized spacial score (nSPS) is 11.8. The molecule has 4 heteroatoms. The molecule has 1 unspecified atom stereocenters. The van der Waals surface area contributed by atoms with Crippen molar-refractivity contribution in [1.82, 2.24) is 4.90 Å². The molecule has 0 saturated heterocycles. The van der Waals surface area contributed by atoms with Crippen LogP contribution in [0.4, 0.5) is 0 Å². The summed E-state index contributed by atoms with van der Waals surface area (Å²) in [7, 11) is 1.75. The molecule has 0 spiro atoms. The highest BCUT2D eigenvalue weighted by Crippen LogP contribution is 2.15. The lowest BCUT2D eigenvalue weighted by Crippen LogP contribution is -2.36. The van der Waals surface area contributed by atoms with E-state index in [9.17, 15) is 9.59 Å². The van der Waals surface area contributed by atoms with Crippen LogP contribution in [0, 0.1) is 6.92 Å². The first-order chi connectivity index (χ1) is 10.9. The van der Waals surface area contributed by atoms with Gasteiger partial charge in [0.15, 0.2) is 0 Å². The van der Waals surface area contributed by atoms with Crippen molar-refractivity contribution in [3.8, 4) is 0 Å². The molecule has 0 aliphatic heterocycles. The van der Waals surface area contributed by atoms with Crippen LogP contribution in [0.2, 0.25) is 0 Å². The van der Waals surface area contributed by atoms with Crippen LogP contribution in [0.5, 0.6) is 0 Å². The zero-order valence-corrected chi connectivity index (χ0v) is 13.6. The van der Waals surface area contributed by atoms with Crippen LogP contribution >= 0.6 is 0 Å². The molecule has 1 atom stereocenters. The molecule has 2 aromatic carbocycles.